The number of fused-ring (bicyclic) bond motifs is 1. The summed E-state index contributed by atoms with van der Waals surface area (Å²) in [6, 6.07) is 12.9. The summed E-state index contributed by atoms with van der Waals surface area (Å²) in [5.41, 5.74) is 1.81. The van der Waals surface area contributed by atoms with Gasteiger partial charge in [0.05, 0.1) is 11.6 Å². The van der Waals surface area contributed by atoms with Crippen LogP contribution in [0.4, 0.5) is 5.69 Å². The lowest BCUT2D eigenvalue weighted by Gasteiger charge is -2.17. The highest BCUT2D eigenvalue weighted by Crippen LogP contribution is 2.37. The lowest BCUT2D eigenvalue weighted by Crippen LogP contribution is -2.21. The first-order valence-electron chi connectivity index (χ1n) is 7.90. The van der Waals surface area contributed by atoms with E-state index in [1.165, 1.54) is 6.92 Å². The Morgan fingerprint density at radius 3 is 2.42 bits per heavy atom. The van der Waals surface area contributed by atoms with Crippen molar-refractivity contribution in [1.29, 1.82) is 0 Å². The largest absolute Gasteiger partial charge is 0.454 e. The van der Waals surface area contributed by atoms with Crippen LogP contribution in [0, 0.1) is 0 Å². The van der Waals surface area contributed by atoms with E-state index in [1.807, 2.05) is 37.3 Å². The van der Waals surface area contributed by atoms with Crippen LogP contribution in [0.5, 0.6) is 11.5 Å². The van der Waals surface area contributed by atoms with Crippen molar-refractivity contribution in [2.75, 3.05) is 12.1 Å². The average Bonchev–Trinajstić information content (AvgIpc) is 3.03. The highest BCUT2D eigenvalue weighted by atomic mass is 16.7. The van der Waals surface area contributed by atoms with E-state index in [4.69, 9.17) is 9.47 Å². The van der Waals surface area contributed by atoms with E-state index in [0.717, 1.165) is 5.56 Å². The SMILES string of the molecule is CCC(C(=O)Nc1cc2c(cc1C(C)=O)OCO2)c1ccccc1. The summed E-state index contributed by atoms with van der Waals surface area (Å²) < 4.78 is 10.6. The molecule has 3 rings (SSSR count). The van der Waals surface area contributed by atoms with Gasteiger partial charge in [0.1, 0.15) is 0 Å². The van der Waals surface area contributed by atoms with Crippen LogP contribution in [0.15, 0.2) is 42.5 Å². The molecule has 1 atom stereocenters. The molecule has 1 aliphatic rings. The number of benzene rings is 2. The number of carbonyl (C=O) groups excluding carboxylic acids is 2. The van der Waals surface area contributed by atoms with Gasteiger partial charge in [-0.25, -0.2) is 0 Å². The Hall–Kier alpha value is -2.82. The summed E-state index contributed by atoms with van der Waals surface area (Å²) in [5.74, 6) is 0.481. The van der Waals surface area contributed by atoms with Crippen molar-refractivity contribution in [3.05, 3.63) is 53.6 Å². The molecule has 1 aliphatic heterocycles. The summed E-state index contributed by atoms with van der Waals surface area (Å²) in [5, 5.41) is 2.88. The van der Waals surface area contributed by atoms with E-state index in [0.29, 0.717) is 29.2 Å². The zero-order valence-electron chi connectivity index (χ0n) is 13.7. The number of nitrogens with one attached hydrogen (secondary N) is 1. The Morgan fingerprint density at radius 2 is 1.79 bits per heavy atom. The van der Waals surface area contributed by atoms with Crippen LogP contribution in [-0.2, 0) is 4.79 Å². The first-order chi connectivity index (χ1) is 11.6. The molecule has 0 saturated heterocycles. The first-order valence-corrected chi connectivity index (χ1v) is 7.90. The van der Waals surface area contributed by atoms with Crippen molar-refractivity contribution in [3.63, 3.8) is 0 Å². The number of ketones is 1. The molecule has 1 N–H and O–H groups in total. The van der Waals surface area contributed by atoms with Gasteiger partial charge in [-0.15, -0.1) is 0 Å². The molecule has 2 aromatic rings. The second-order valence-corrected chi connectivity index (χ2v) is 5.67. The fraction of sp³-hybridized carbons (Fsp3) is 0.263. The average molecular weight is 325 g/mol. The van der Waals surface area contributed by atoms with Gasteiger partial charge >= 0.3 is 0 Å². The smallest absolute Gasteiger partial charge is 0.231 e. The van der Waals surface area contributed by atoms with Gasteiger partial charge in [-0.1, -0.05) is 37.3 Å². The molecule has 0 aliphatic carbocycles. The number of hydrogen-bond acceptors (Lipinski definition) is 4. The summed E-state index contributed by atoms with van der Waals surface area (Å²) in [7, 11) is 0. The zero-order valence-corrected chi connectivity index (χ0v) is 13.7. The minimum Gasteiger partial charge on any atom is -0.454 e. The van der Waals surface area contributed by atoms with Gasteiger partial charge in [-0.05, 0) is 25.0 Å². The lowest BCUT2D eigenvalue weighted by molar-refractivity contribution is -0.117. The standard InChI is InChI=1S/C19H19NO4/c1-3-14(13-7-5-4-6-8-13)19(22)20-16-10-18-17(23-11-24-18)9-15(16)12(2)21/h4-10,14H,3,11H2,1-2H3,(H,20,22). The molecule has 124 valence electrons. The Morgan fingerprint density at radius 1 is 1.12 bits per heavy atom. The van der Waals surface area contributed by atoms with Gasteiger partial charge in [-0.2, -0.15) is 0 Å². The molecule has 5 nitrogen and oxygen atoms in total. The molecule has 24 heavy (non-hydrogen) atoms. The van der Waals surface area contributed by atoms with Crippen LogP contribution < -0.4 is 14.8 Å². The van der Waals surface area contributed by atoms with Crippen molar-refractivity contribution < 1.29 is 19.1 Å². The van der Waals surface area contributed by atoms with Crippen molar-refractivity contribution in [2.24, 2.45) is 0 Å². The minimum absolute atomic E-state index is 0.117. The maximum atomic E-state index is 12.7. The second-order valence-electron chi connectivity index (χ2n) is 5.67. The van der Waals surface area contributed by atoms with Gasteiger partial charge in [-0.3, -0.25) is 9.59 Å². The lowest BCUT2D eigenvalue weighted by atomic mass is 9.95. The van der Waals surface area contributed by atoms with E-state index in [9.17, 15) is 9.59 Å². The fourth-order valence-corrected chi connectivity index (χ4v) is 2.81. The van der Waals surface area contributed by atoms with Crippen LogP contribution in [-0.4, -0.2) is 18.5 Å². The molecular weight excluding hydrogens is 306 g/mol. The highest BCUT2D eigenvalue weighted by Gasteiger charge is 2.23. The van der Waals surface area contributed by atoms with E-state index >= 15 is 0 Å². The maximum absolute atomic E-state index is 12.7. The Kier molecular flexibility index (Phi) is 4.51. The molecule has 0 aromatic heterocycles. The normalized spacial score (nSPS) is 13.4. The highest BCUT2D eigenvalue weighted by molar-refractivity contribution is 6.05. The topological polar surface area (TPSA) is 64.6 Å². The Labute approximate surface area is 140 Å². The number of rotatable bonds is 5. The molecule has 0 saturated carbocycles. The van der Waals surface area contributed by atoms with Crippen molar-refractivity contribution in [3.8, 4) is 11.5 Å². The van der Waals surface area contributed by atoms with E-state index in [2.05, 4.69) is 5.32 Å². The number of carbonyl (C=O) groups is 2. The van der Waals surface area contributed by atoms with Gasteiger partial charge < -0.3 is 14.8 Å². The molecular formula is C19H19NO4. The summed E-state index contributed by atoms with van der Waals surface area (Å²) in [6.07, 6.45) is 0.663. The molecule has 2 aromatic carbocycles. The molecule has 1 unspecified atom stereocenters. The zero-order chi connectivity index (χ0) is 17.1. The Bertz CT molecular complexity index is 770. The van der Waals surface area contributed by atoms with E-state index < -0.39 is 0 Å². The predicted molar refractivity (Wildman–Crippen MR) is 90.7 cm³/mol. The molecule has 5 heteroatoms. The molecule has 1 amide bonds. The van der Waals surface area contributed by atoms with Crippen molar-refractivity contribution in [1.82, 2.24) is 0 Å². The fourth-order valence-electron chi connectivity index (χ4n) is 2.81. The second kappa shape index (κ2) is 6.74. The Balaban J connectivity index is 1.90. The number of Topliss-reactive ketones (excluding diaryl/α,β-unsaturated/α-hetero) is 1. The number of anilines is 1. The summed E-state index contributed by atoms with van der Waals surface area (Å²) in [6.45, 7) is 3.54. The van der Waals surface area contributed by atoms with Crippen LogP contribution in [0.1, 0.15) is 42.1 Å². The number of amides is 1. The van der Waals surface area contributed by atoms with Gasteiger partial charge in [0.2, 0.25) is 12.7 Å². The van der Waals surface area contributed by atoms with E-state index in [1.54, 1.807) is 12.1 Å². The van der Waals surface area contributed by atoms with Gasteiger partial charge in [0.15, 0.2) is 17.3 Å². The van der Waals surface area contributed by atoms with Crippen LogP contribution in [0.2, 0.25) is 0 Å². The first kappa shape index (κ1) is 16.1. The van der Waals surface area contributed by atoms with Crippen molar-refractivity contribution in [2.45, 2.75) is 26.2 Å². The number of hydrogen-bond donors (Lipinski definition) is 1. The van der Waals surface area contributed by atoms with Gasteiger partial charge in [0.25, 0.3) is 0 Å². The summed E-state index contributed by atoms with van der Waals surface area (Å²) in [4.78, 5) is 24.6. The van der Waals surface area contributed by atoms with E-state index in [-0.39, 0.29) is 24.4 Å². The van der Waals surface area contributed by atoms with Crippen LogP contribution >= 0.6 is 0 Å². The molecule has 0 bridgehead atoms. The minimum atomic E-state index is -0.281. The van der Waals surface area contributed by atoms with Gasteiger partial charge in [0, 0.05) is 11.6 Å². The predicted octanol–water partition coefficient (Wildman–Crippen LogP) is 3.75. The monoisotopic (exact) mass is 325 g/mol. The molecule has 1 heterocycles. The number of ether oxygens (including phenoxy) is 2. The van der Waals surface area contributed by atoms with Crippen molar-refractivity contribution >= 4 is 17.4 Å². The summed E-state index contributed by atoms with van der Waals surface area (Å²) >= 11 is 0. The third-order valence-corrected chi connectivity index (χ3v) is 4.08. The maximum Gasteiger partial charge on any atom is 0.231 e. The third-order valence-electron chi connectivity index (χ3n) is 4.08. The molecule has 0 radical (unpaired) electrons. The molecule has 0 fully saturated rings. The van der Waals surface area contributed by atoms with Crippen LogP contribution in [0.3, 0.4) is 0 Å². The quantitative estimate of drug-likeness (QED) is 0.850. The third kappa shape index (κ3) is 3.11. The van der Waals surface area contributed by atoms with Crippen LogP contribution in [0.25, 0.3) is 0 Å². The molecule has 0 spiro atoms.